The van der Waals surface area contributed by atoms with Crippen LogP contribution in [0.3, 0.4) is 0 Å². The quantitative estimate of drug-likeness (QED) is 0.812. The number of halogens is 1. The summed E-state index contributed by atoms with van der Waals surface area (Å²) in [4.78, 5) is 8.20. The first-order valence-corrected chi connectivity index (χ1v) is 5.47. The van der Waals surface area contributed by atoms with E-state index in [4.69, 9.17) is 17.3 Å². The third kappa shape index (κ3) is 1.99. The highest BCUT2D eigenvalue weighted by molar-refractivity contribution is 6.32. The first-order valence-electron chi connectivity index (χ1n) is 5.09. The van der Waals surface area contributed by atoms with E-state index in [9.17, 15) is 0 Å². The zero-order chi connectivity index (χ0) is 11.5. The second kappa shape index (κ2) is 4.49. The molecule has 1 aromatic heterocycles. The molecule has 0 atom stereocenters. The Labute approximate surface area is 99.3 Å². The van der Waals surface area contributed by atoms with Crippen molar-refractivity contribution in [2.24, 2.45) is 0 Å². The van der Waals surface area contributed by atoms with Crippen LogP contribution in [0.4, 0.5) is 5.95 Å². The molecule has 1 heterocycles. The molecule has 0 spiro atoms. The highest BCUT2D eigenvalue weighted by Crippen LogP contribution is 2.29. The smallest absolute Gasteiger partial charge is 0.221 e. The Hall–Kier alpha value is -1.61. The summed E-state index contributed by atoms with van der Waals surface area (Å²) >= 11 is 6.12. The van der Waals surface area contributed by atoms with Crippen molar-refractivity contribution >= 4 is 17.5 Å². The van der Waals surface area contributed by atoms with Gasteiger partial charge >= 0.3 is 0 Å². The molecule has 3 nitrogen and oxygen atoms in total. The summed E-state index contributed by atoms with van der Waals surface area (Å²) in [6, 6.07) is 9.85. The Morgan fingerprint density at radius 1 is 1.19 bits per heavy atom. The van der Waals surface area contributed by atoms with Crippen LogP contribution in [0.2, 0.25) is 5.15 Å². The molecule has 4 heteroatoms. The van der Waals surface area contributed by atoms with Crippen molar-refractivity contribution in [1.82, 2.24) is 9.97 Å². The summed E-state index contributed by atoms with van der Waals surface area (Å²) < 4.78 is 0. The average molecular weight is 234 g/mol. The Bertz CT molecular complexity index is 497. The van der Waals surface area contributed by atoms with Gasteiger partial charge in [-0.25, -0.2) is 9.97 Å². The summed E-state index contributed by atoms with van der Waals surface area (Å²) in [5.41, 5.74) is 8.35. The molecule has 0 unspecified atom stereocenters. The lowest BCUT2D eigenvalue weighted by atomic mass is 10.0. The van der Waals surface area contributed by atoms with Gasteiger partial charge < -0.3 is 5.73 Å². The van der Waals surface area contributed by atoms with Gasteiger partial charge in [0, 0.05) is 5.56 Å². The van der Waals surface area contributed by atoms with Gasteiger partial charge in [-0.05, 0) is 12.0 Å². The van der Waals surface area contributed by atoms with Crippen LogP contribution in [0.25, 0.3) is 11.1 Å². The molecule has 0 amide bonds. The van der Waals surface area contributed by atoms with Crippen molar-refractivity contribution < 1.29 is 0 Å². The Morgan fingerprint density at radius 2 is 1.88 bits per heavy atom. The molecule has 0 aliphatic rings. The van der Waals surface area contributed by atoms with E-state index in [1.165, 1.54) is 0 Å². The number of aryl methyl sites for hydroxylation is 1. The molecule has 2 rings (SSSR count). The molecule has 1 aromatic carbocycles. The van der Waals surface area contributed by atoms with Gasteiger partial charge in [-0.15, -0.1) is 0 Å². The number of nitrogens with two attached hydrogens (primary N) is 1. The number of nitrogen functional groups attached to an aromatic ring is 1. The fourth-order valence-electron chi connectivity index (χ4n) is 1.64. The molecular formula is C12H12ClN3. The molecule has 82 valence electrons. The van der Waals surface area contributed by atoms with Crippen molar-refractivity contribution in [3.8, 4) is 11.1 Å². The normalized spacial score (nSPS) is 10.4. The van der Waals surface area contributed by atoms with Crippen LogP contribution in [-0.4, -0.2) is 9.97 Å². The number of benzene rings is 1. The lowest BCUT2D eigenvalue weighted by Crippen LogP contribution is -2.02. The van der Waals surface area contributed by atoms with Gasteiger partial charge in [-0.1, -0.05) is 48.9 Å². The van der Waals surface area contributed by atoms with Crippen LogP contribution in [0.15, 0.2) is 30.3 Å². The SMILES string of the molecule is CCc1nc(N)nc(Cl)c1-c1ccccc1. The number of rotatable bonds is 2. The van der Waals surface area contributed by atoms with Crippen molar-refractivity contribution in [2.45, 2.75) is 13.3 Å². The molecule has 0 saturated heterocycles. The Morgan fingerprint density at radius 3 is 2.50 bits per heavy atom. The number of nitrogens with zero attached hydrogens (tertiary/aromatic N) is 2. The number of hydrogen-bond donors (Lipinski definition) is 1. The molecule has 2 N–H and O–H groups in total. The van der Waals surface area contributed by atoms with E-state index >= 15 is 0 Å². The first-order chi connectivity index (χ1) is 7.72. The number of anilines is 1. The van der Waals surface area contributed by atoms with Gasteiger partial charge in [0.15, 0.2) is 0 Å². The first kappa shape index (κ1) is 10.9. The summed E-state index contributed by atoms with van der Waals surface area (Å²) in [6.45, 7) is 2.02. The van der Waals surface area contributed by atoms with Crippen molar-refractivity contribution in [2.75, 3.05) is 5.73 Å². The van der Waals surface area contributed by atoms with Crippen LogP contribution in [-0.2, 0) is 6.42 Å². The second-order valence-corrected chi connectivity index (χ2v) is 3.77. The maximum atomic E-state index is 6.12. The summed E-state index contributed by atoms with van der Waals surface area (Å²) in [7, 11) is 0. The van der Waals surface area contributed by atoms with Crippen LogP contribution >= 0.6 is 11.6 Å². The largest absolute Gasteiger partial charge is 0.368 e. The molecular weight excluding hydrogens is 222 g/mol. The van der Waals surface area contributed by atoms with E-state index in [2.05, 4.69) is 9.97 Å². The van der Waals surface area contributed by atoms with Gasteiger partial charge in [-0.2, -0.15) is 0 Å². The summed E-state index contributed by atoms with van der Waals surface area (Å²) in [5.74, 6) is 0.224. The van der Waals surface area contributed by atoms with Crippen LogP contribution < -0.4 is 5.73 Å². The highest BCUT2D eigenvalue weighted by atomic mass is 35.5. The van der Waals surface area contributed by atoms with E-state index in [-0.39, 0.29) is 5.95 Å². The van der Waals surface area contributed by atoms with Gasteiger partial charge in [-0.3, -0.25) is 0 Å². The van der Waals surface area contributed by atoms with Crippen LogP contribution in [0.5, 0.6) is 0 Å². The molecule has 2 aromatic rings. The fraction of sp³-hybridized carbons (Fsp3) is 0.167. The minimum atomic E-state index is 0.224. The maximum absolute atomic E-state index is 6.12. The van der Waals surface area contributed by atoms with Gasteiger partial charge in [0.25, 0.3) is 0 Å². The average Bonchev–Trinajstić information content (AvgIpc) is 2.29. The number of aromatic nitrogens is 2. The van der Waals surface area contributed by atoms with Crippen LogP contribution in [0.1, 0.15) is 12.6 Å². The lowest BCUT2D eigenvalue weighted by molar-refractivity contribution is 1.01. The third-order valence-corrected chi connectivity index (χ3v) is 2.63. The highest BCUT2D eigenvalue weighted by Gasteiger charge is 2.12. The predicted molar refractivity (Wildman–Crippen MR) is 66.3 cm³/mol. The molecule has 16 heavy (non-hydrogen) atoms. The predicted octanol–water partition coefficient (Wildman–Crippen LogP) is 2.94. The Kier molecular flexibility index (Phi) is 3.06. The lowest BCUT2D eigenvalue weighted by Gasteiger charge is -2.09. The summed E-state index contributed by atoms with van der Waals surface area (Å²) in [6.07, 6.45) is 0.774. The van der Waals surface area contributed by atoms with E-state index in [1.54, 1.807) is 0 Å². The van der Waals surface area contributed by atoms with Crippen molar-refractivity contribution in [3.63, 3.8) is 0 Å². The van der Waals surface area contributed by atoms with Gasteiger partial charge in [0.05, 0.1) is 5.69 Å². The van der Waals surface area contributed by atoms with E-state index in [0.717, 1.165) is 23.2 Å². The number of hydrogen-bond acceptors (Lipinski definition) is 3. The standard InChI is InChI=1S/C12H12ClN3/c1-2-9-10(8-6-4-3-5-7-8)11(13)16-12(14)15-9/h3-7H,2H2,1H3,(H2,14,15,16). The van der Waals surface area contributed by atoms with Crippen LogP contribution in [0, 0.1) is 0 Å². The molecule has 0 aliphatic heterocycles. The monoisotopic (exact) mass is 233 g/mol. The molecule has 0 aliphatic carbocycles. The molecule has 0 fully saturated rings. The minimum Gasteiger partial charge on any atom is -0.368 e. The van der Waals surface area contributed by atoms with Gasteiger partial charge in [0.2, 0.25) is 5.95 Å². The zero-order valence-electron chi connectivity index (χ0n) is 8.94. The van der Waals surface area contributed by atoms with E-state index in [1.807, 2.05) is 37.3 Å². The van der Waals surface area contributed by atoms with E-state index in [0.29, 0.717) is 5.15 Å². The van der Waals surface area contributed by atoms with Crippen molar-refractivity contribution in [3.05, 3.63) is 41.2 Å². The minimum absolute atomic E-state index is 0.224. The molecule has 0 saturated carbocycles. The topological polar surface area (TPSA) is 51.8 Å². The van der Waals surface area contributed by atoms with E-state index < -0.39 is 0 Å². The zero-order valence-corrected chi connectivity index (χ0v) is 9.70. The third-order valence-electron chi connectivity index (χ3n) is 2.35. The molecule has 0 bridgehead atoms. The fourth-order valence-corrected chi connectivity index (χ4v) is 1.95. The Balaban J connectivity index is 2.64. The second-order valence-electron chi connectivity index (χ2n) is 3.41. The summed E-state index contributed by atoms with van der Waals surface area (Å²) in [5, 5.41) is 0.413. The van der Waals surface area contributed by atoms with Gasteiger partial charge in [0.1, 0.15) is 5.15 Å². The maximum Gasteiger partial charge on any atom is 0.221 e. The van der Waals surface area contributed by atoms with Crippen molar-refractivity contribution in [1.29, 1.82) is 0 Å². The molecule has 0 radical (unpaired) electrons.